The van der Waals surface area contributed by atoms with E-state index in [0.29, 0.717) is 17.8 Å². The minimum Gasteiger partial charge on any atom is -0.437 e. The Kier molecular flexibility index (Phi) is 3.83. The van der Waals surface area contributed by atoms with Crippen LogP contribution in [0.1, 0.15) is 24.7 Å². The summed E-state index contributed by atoms with van der Waals surface area (Å²) in [6.07, 6.45) is -2.12. The topological polar surface area (TPSA) is 82.5 Å². The van der Waals surface area contributed by atoms with E-state index in [-0.39, 0.29) is 11.5 Å². The molecular formula is C17H12F2N4O3. The number of ether oxygens (including phenoxy) is 1. The van der Waals surface area contributed by atoms with Crippen molar-refractivity contribution in [1.82, 2.24) is 19.8 Å². The van der Waals surface area contributed by atoms with Gasteiger partial charge in [-0.15, -0.1) is 15.3 Å². The molecule has 0 saturated heterocycles. The largest absolute Gasteiger partial charge is 0.437 e. The molecule has 1 aromatic carbocycles. The molecule has 0 spiro atoms. The number of nitrogens with zero attached hydrogens (tertiary/aromatic N) is 4. The molecule has 0 radical (unpaired) electrons. The fraction of sp³-hybridized carbons (Fsp3) is 0.176. The predicted octanol–water partition coefficient (Wildman–Crippen LogP) is 3.52. The van der Waals surface area contributed by atoms with E-state index in [2.05, 4.69) is 15.3 Å². The SMILES string of the molecule is CCc1cc(=O)oc2cc(Oc3ccc4nnc(C(F)F)n4n3)ccc12. The van der Waals surface area contributed by atoms with Crippen LogP contribution in [0.25, 0.3) is 16.6 Å². The molecule has 26 heavy (non-hydrogen) atoms. The molecule has 3 aromatic heterocycles. The van der Waals surface area contributed by atoms with Crippen molar-refractivity contribution in [3.63, 3.8) is 0 Å². The lowest BCUT2D eigenvalue weighted by atomic mass is 10.1. The number of hydrogen-bond acceptors (Lipinski definition) is 6. The number of aryl methyl sites for hydroxylation is 1. The van der Waals surface area contributed by atoms with Crippen LogP contribution in [0.2, 0.25) is 0 Å². The number of hydrogen-bond donors (Lipinski definition) is 0. The number of aromatic nitrogens is 4. The molecule has 4 aromatic rings. The van der Waals surface area contributed by atoms with Gasteiger partial charge in [-0.25, -0.2) is 13.6 Å². The van der Waals surface area contributed by atoms with Gasteiger partial charge in [0.15, 0.2) is 5.65 Å². The molecule has 0 aliphatic heterocycles. The summed E-state index contributed by atoms with van der Waals surface area (Å²) in [6.45, 7) is 1.94. The van der Waals surface area contributed by atoms with Crippen LogP contribution in [-0.2, 0) is 6.42 Å². The summed E-state index contributed by atoms with van der Waals surface area (Å²) >= 11 is 0. The van der Waals surface area contributed by atoms with E-state index in [4.69, 9.17) is 9.15 Å². The fourth-order valence-corrected chi connectivity index (χ4v) is 2.67. The number of rotatable bonds is 4. The molecular weight excluding hydrogens is 346 g/mol. The summed E-state index contributed by atoms with van der Waals surface area (Å²) in [5.74, 6) is -0.137. The van der Waals surface area contributed by atoms with Crippen LogP contribution in [0.4, 0.5) is 8.78 Å². The standard InChI is InChI=1S/C17H12F2N4O3/c1-2-9-7-15(24)26-12-8-10(3-4-11(9)12)25-14-6-5-13-20-21-17(16(18)19)23(13)22-14/h3-8,16H,2H2,1H3. The van der Waals surface area contributed by atoms with Gasteiger partial charge in [-0.1, -0.05) is 6.92 Å². The van der Waals surface area contributed by atoms with Gasteiger partial charge < -0.3 is 9.15 Å². The Morgan fingerprint density at radius 1 is 1.19 bits per heavy atom. The second-order valence-electron chi connectivity index (χ2n) is 5.50. The molecule has 0 atom stereocenters. The van der Waals surface area contributed by atoms with Crippen molar-refractivity contribution in [1.29, 1.82) is 0 Å². The van der Waals surface area contributed by atoms with Crippen LogP contribution in [0, 0.1) is 0 Å². The Labute approximate surface area is 144 Å². The first-order valence-electron chi connectivity index (χ1n) is 7.80. The van der Waals surface area contributed by atoms with Crippen molar-refractivity contribution >= 4 is 16.6 Å². The summed E-state index contributed by atoms with van der Waals surface area (Å²) in [6, 6.07) is 9.43. The monoisotopic (exact) mass is 358 g/mol. The summed E-state index contributed by atoms with van der Waals surface area (Å²) in [5, 5.41) is 11.8. The van der Waals surface area contributed by atoms with Gasteiger partial charge in [-0.2, -0.15) is 4.52 Å². The van der Waals surface area contributed by atoms with Crippen LogP contribution in [-0.4, -0.2) is 19.8 Å². The lowest BCUT2D eigenvalue weighted by molar-refractivity contribution is 0.137. The van der Waals surface area contributed by atoms with E-state index < -0.39 is 17.9 Å². The van der Waals surface area contributed by atoms with Gasteiger partial charge in [-0.05, 0) is 30.2 Å². The maximum atomic E-state index is 12.9. The molecule has 7 nitrogen and oxygen atoms in total. The molecule has 0 bridgehead atoms. The highest BCUT2D eigenvalue weighted by Crippen LogP contribution is 2.26. The van der Waals surface area contributed by atoms with Crippen molar-refractivity contribution in [3.05, 3.63) is 58.2 Å². The Hall–Kier alpha value is -3.36. The number of alkyl halides is 2. The zero-order valence-corrected chi connectivity index (χ0v) is 13.5. The van der Waals surface area contributed by atoms with Crippen LogP contribution in [0.5, 0.6) is 11.6 Å². The van der Waals surface area contributed by atoms with Gasteiger partial charge >= 0.3 is 5.63 Å². The number of fused-ring (bicyclic) bond motifs is 2. The fourth-order valence-electron chi connectivity index (χ4n) is 2.67. The molecule has 0 aliphatic rings. The van der Waals surface area contributed by atoms with Crippen molar-refractivity contribution < 1.29 is 17.9 Å². The molecule has 4 rings (SSSR count). The molecule has 0 aliphatic carbocycles. The first-order valence-corrected chi connectivity index (χ1v) is 7.80. The van der Waals surface area contributed by atoms with E-state index in [1.165, 1.54) is 18.2 Å². The van der Waals surface area contributed by atoms with Crippen LogP contribution in [0.15, 0.2) is 45.6 Å². The Morgan fingerprint density at radius 2 is 2.04 bits per heavy atom. The predicted molar refractivity (Wildman–Crippen MR) is 87.7 cm³/mol. The quantitative estimate of drug-likeness (QED) is 0.519. The highest BCUT2D eigenvalue weighted by molar-refractivity contribution is 5.81. The molecule has 0 fully saturated rings. The Morgan fingerprint density at radius 3 is 2.81 bits per heavy atom. The summed E-state index contributed by atoms with van der Waals surface area (Å²) in [4.78, 5) is 11.6. The van der Waals surface area contributed by atoms with Gasteiger partial charge in [0, 0.05) is 23.6 Å². The summed E-state index contributed by atoms with van der Waals surface area (Å²) in [7, 11) is 0. The minimum atomic E-state index is -2.81. The van der Waals surface area contributed by atoms with E-state index >= 15 is 0 Å². The van der Waals surface area contributed by atoms with E-state index in [9.17, 15) is 13.6 Å². The van der Waals surface area contributed by atoms with Crippen LogP contribution < -0.4 is 10.4 Å². The van der Waals surface area contributed by atoms with E-state index in [0.717, 1.165) is 15.5 Å². The van der Waals surface area contributed by atoms with Crippen molar-refractivity contribution in [2.75, 3.05) is 0 Å². The zero-order valence-electron chi connectivity index (χ0n) is 13.5. The average molecular weight is 358 g/mol. The highest BCUT2D eigenvalue weighted by atomic mass is 19.3. The minimum absolute atomic E-state index is 0.0764. The maximum absolute atomic E-state index is 12.9. The van der Waals surface area contributed by atoms with Crippen molar-refractivity contribution in [2.45, 2.75) is 19.8 Å². The van der Waals surface area contributed by atoms with E-state index in [1.807, 2.05) is 6.92 Å². The smallest absolute Gasteiger partial charge is 0.336 e. The maximum Gasteiger partial charge on any atom is 0.336 e. The van der Waals surface area contributed by atoms with Crippen molar-refractivity contribution in [3.8, 4) is 11.6 Å². The lowest BCUT2D eigenvalue weighted by Gasteiger charge is -2.07. The highest BCUT2D eigenvalue weighted by Gasteiger charge is 2.17. The second kappa shape index (κ2) is 6.17. The molecule has 0 N–H and O–H groups in total. The number of halogens is 2. The van der Waals surface area contributed by atoms with Gasteiger partial charge in [0.2, 0.25) is 11.7 Å². The van der Waals surface area contributed by atoms with E-state index in [1.54, 1.807) is 18.2 Å². The molecule has 3 heterocycles. The van der Waals surface area contributed by atoms with Gasteiger partial charge in [0.1, 0.15) is 11.3 Å². The first kappa shape index (κ1) is 16.1. The molecule has 0 amide bonds. The molecule has 0 saturated carbocycles. The summed E-state index contributed by atoms with van der Waals surface area (Å²) in [5.41, 5.74) is 0.987. The Balaban J connectivity index is 1.74. The molecule has 132 valence electrons. The third-order valence-electron chi connectivity index (χ3n) is 3.86. The third kappa shape index (κ3) is 2.77. The second-order valence-corrected chi connectivity index (χ2v) is 5.50. The third-order valence-corrected chi connectivity index (χ3v) is 3.86. The average Bonchev–Trinajstić information content (AvgIpc) is 3.04. The molecule has 9 heteroatoms. The van der Waals surface area contributed by atoms with Gasteiger partial charge in [0.25, 0.3) is 6.43 Å². The normalized spacial score (nSPS) is 11.5. The summed E-state index contributed by atoms with van der Waals surface area (Å²) < 4.78 is 37.6. The van der Waals surface area contributed by atoms with Gasteiger partial charge in [0.05, 0.1) is 0 Å². The first-order chi connectivity index (χ1) is 12.5. The van der Waals surface area contributed by atoms with Crippen LogP contribution in [0.3, 0.4) is 0 Å². The number of benzene rings is 1. The van der Waals surface area contributed by atoms with Crippen LogP contribution >= 0.6 is 0 Å². The lowest BCUT2D eigenvalue weighted by Crippen LogP contribution is -2.01. The zero-order chi connectivity index (χ0) is 18.3. The van der Waals surface area contributed by atoms with Crippen molar-refractivity contribution in [2.24, 2.45) is 0 Å². The van der Waals surface area contributed by atoms with Gasteiger partial charge in [-0.3, -0.25) is 0 Å². The Bertz CT molecular complexity index is 1170. The molecule has 0 unspecified atom stereocenters.